The molecular formula is C18H25N5O2S. The Bertz CT molecular complexity index is 910. The molecular weight excluding hydrogens is 350 g/mol. The summed E-state index contributed by atoms with van der Waals surface area (Å²) in [5.74, 6) is 1.04. The monoisotopic (exact) mass is 375 g/mol. The fraction of sp³-hybridized carbons (Fsp3) is 0.444. The molecule has 1 aromatic carbocycles. The lowest BCUT2D eigenvalue weighted by Crippen LogP contribution is -2.21. The lowest BCUT2D eigenvalue weighted by atomic mass is 9.92. The van der Waals surface area contributed by atoms with Crippen molar-refractivity contribution in [2.24, 2.45) is 0 Å². The molecule has 3 rings (SSSR count). The number of hydrogen-bond acceptors (Lipinski definition) is 6. The van der Waals surface area contributed by atoms with Crippen LogP contribution in [0.15, 0.2) is 29.3 Å². The average molecular weight is 375 g/mol. The molecule has 1 aliphatic carbocycles. The number of benzene rings is 1. The predicted octanol–water partition coefficient (Wildman–Crippen LogP) is 2.29. The van der Waals surface area contributed by atoms with Crippen LogP contribution in [0.4, 0.5) is 17.5 Å². The summed E-state index contributed by atoms with van der Waals surface area (Å²) in [7, 11) is 3.61. The minimum absolute atomic E-state index is 0.277. The highest BCUT2D eigenvalue weighted by Gasteiger charge is 2.21. The summed E-state index contributed by atoms with van der Waals surface area (Å²) in [5, 5.41) is 0. The molecule has 8 heteroatoms. The quantitative estimate of drug-likeness (QED) is 0.864. The first kappa shape index (κ1) is 18.4. The third kappa shape index (κ3) is 3.75. The van der Waals surface area contributed by atoms with Crippen molar-refractivity contribution in [2.75, 3.05) is 42.7 Å². The lowest BCUT2D eigenvalue weighted by Gasteiger charge is -2.20. The van der Waals surface area contributed by atoms with Crippen LogP contribution < -0.4 is 14.5 Å². The maximum Gasteiger partial charge on any atom is 0.262 e. The molecule has 0 saturated carbocycles. The first-order chi connectivity index (χ1) is 12.3. The van der Waals surface area contributed by atoms with Gasteiger partial charge in [-0.05, 0) is 48.9 Å². The molecule has 0 fully saturated rings. The van der Waals surface area contributed by atoms with Gasteiger partial charge in [0.1, 0.15) is 5.69 Å². The lowest BCUT2D eigenvalue weighted by molar-refractivity contribution is 0.600. The van der Waals surface area contributed by atoms with Crippen LogP contribution in [0.3, 0.4) is 0 Å². The molecule has 0 unspecified atom stereocenters. The molecule has 0 aliphatic heterocycles. The summed E-state index contributed by atoms with van der Waals surface area (Å²) < 4.78 is 28.4. The van der Waals surface area contributed by atoms with Gasteiger partial charge in [-0.2, -0.15) is 4.98 Å². The molecule has 140 valence electrons. The van der Waals surface area contributed by atoms with Crippen molar-refractivity contribution >= 4 is 27.5 Å². The van der Waals surface area contributed by atoms with Crippen molar-refractivity contribution in [3.05, 3.63) is 35.5 Å². The van der Waals surface area contributed by atoms with Crippen LogP contribution in [0.25, 0.3) is 0 Å². The van der Waals surface area contributed by atoms with E-state index in [4.69, 9.17) is 0 Å². The summed E-state index contributed by atoms with van der Waals surface area (Å²) >= 11 is 0. The van der Waals surface area contributed by atoms with E-state index in [0.717, 1.165) is 24.8 Å². The van der Waals surface area contributed by atoms with Crippen LogP contribution >= 0.6 is 0 Å². The number of aromatic nitrogens is 2. The van der Waals surface area contributed by atoms with Gasteiger partial charge in [0.25, 0.3) is 10.0 Å². The Morgan fingerprint density at radius 1 is 1.00 bits per heavy atom. The zero-order valence-electron chi connectivity index (χ0n) is 15.7. The number of rotatable bonds is 5. The average Bonchev–Trinajstić information content (AvgIpc) is 2.61. The van der Waals surface area contributed by atoms with E-state index in [-0.39, 0.29) is 4.90 Å². The number of anilines is 3. The maximum atomic E-state index is 12.9. The van der Waals surface area contributed by atoms with Gasteiger partial charge in [-0.25, -0.2) is 13.4 Å². The molecule has 0 spiro atoms. The highest BCUT2D eigenvalue weighted by molar-refractivity contribution is 7.92. The van der Waals surface area contributed by atoms with Gasteiger partial charge in [-0.15, -0.1) is 0 Å². The van der Waals surface area contributed by atoms with Crippen molar-refractivity contribution in [1.82, 2.24) is 9.97 Å². The van der Waals surface area contributed by atoms with E-state index in [1.54, 1.807) is 21.9 Å². The predicted molar refractivity (Wildman–Crippen MR) is 105 cm³/mol. The van der Waals surface area contributed by atoms with Crippen molar-refractivity contribution < 1.29 is 8.42 Å². The highest BCUT2D eigenvalue weighted by atomic mass is 32.2. The van der Waals surface area contributed by atoms with Gasteiger partial charge in [0.2, 0.25) is 5.95 Å². The van der Waals surface area contributed by atoms with Gasteiger partial charge < -0.3 is 9.80 Å². The fourth-order valence-electron chi connectivity index (χ4n) is 3.07. The Labute approximate surface area is 155 Å². The van der Waals surface area contributed by atoms with Crippen LogP contribution in [-0.4, -0.2) is 46.6 Å². The van der Waals surface area contributed by atoms with E-state index in [9.17, 15) is 8.42 Å². The van der Waals surface area contributed by atoms with Crippen molar-refractivity contribution in [3.63, 3.8) is 0 Å². The summed E-state index contributed by atoms with van der Waals surface area (Å²) in [5.41, 5.74) is 2.74. The summed E-state index contributed by atoms with van der Waals surface area (Å²) in [6.45, 7) is 0. The largest absolute Gasteiger partial charge is 0.361 e. The summed E-state index contributed by atoms with van der Waals surface area (Å²) in [6, 6.07) is 5.40. The second kappa shape index (κ2) is 7.11. The smallest absolute Gasteiger partial charge is 0.262 e. The summed E-state index contributed by atoms with van der Waals surface area (Å²) in [4.78, 5) is 12.5. The number of hydrogen-bond donors (Lipinski definition) is 1. The molecule has 0 bridgehead atoms. The molecule has 1 N–H and O–H groups in total. The Balaban J connectivity index is 1.94. The van der Waals surface area contributed by atoms with E-state index < -0.39 is 10.0 Å². The van der Waals surface area contributed by atoms with Crippen LogP contribution in [0.2, 0.25) is 0 Å². The van der Waals surface area contributed by atoms with Gasteiger partial charge in [0, 0.05) is 28.2 Å². The van der Waals surface area contributed by atoms with Crippen LogP contribution in [0, 0.1) is 0 Å². The van der Waals surface area contributed by atoms with Crippen molar-refractivity contribution in [1.29, 1.82) is 0 Å². The third-order valence-electron chi connectivity index (χ3n) is 4.45. The topological polar surface area (TPSA) is 78.4 Å². The highest BCUT2D eigenvalue weighted by Crippen LogP contribution is 2.28. The second-order valence-electron chi connectivity index (χ2n) is 6.94. The molecule has 2 aromatic rings. The number of aryl methyl sites for hydroxylation is 2. The van der Waals surface area contributed by atoms with Gasteiger partial charge in [-0.3, -0.25) is 4.72 Å². The Hall–Kier alpha value is -2.35. The minimum Gasteiger partial charge on any atom is -0.361 e. The second-order valence-corrected chi connectivity index (χ2v) is 8.62. The van der Waals surface area contributed by atoms with Crippen LogP contribution in [0.5, 0.6) is 0 Å². The summed E-state index contributed by atoms with van der Waals surface area (Å²) in [6.07, 6.45) is 5.73. The van der Waals surface area contributed by atoms with Gasteiger partial charge in [0.05, 0.1) is 11.1 Å². The fourth-order valence-corrected chi connectivity index (χ4v) is 4.17. The number of fused-ring (bicyclic) bond motifs is 1. The van der Waals surface area contributed by atoms with Crippen LogP contribution in [0.1, 0.15) is 24.0 Å². The molecule has 1 heterocycles. The number of sulfonamides is 1. The zero-order chi connectivity index (χ0) is 18.9. The van der Waals surface area contributed by atoms with Gasteiger partial charge in [-0.1, -0.05) is 6.07 Å². The van der Waals surface area contributed by atoms with E-state index in [2.05, 4.69) is 14.7 Å². The normalized spacial score (nSPS) is 13.8. The Morgan fingerprint density at radius 3 is 2.35 bits per heavy atom. The zero-order valence-corrected chi connectivity index (χ0v) is 16.5. The number of nitrogens with zero attached hydrogens (tertiary/aromatic N) is 4. The van der Waals surface area contributed by atoms with Crippen molar-refractivity contribution in [2.45, 2.75) is 30.6 Å². The SMILES string of the molecule is CN(C)c1ncc(NS(=O)(=O)c2ccc3c(c2)CCCC3)c(N(C)C)n1. The van der Waals surface area contributed by atoms with E-state index in [0.29, 0.717) is 17.5 Å². The molecule has 26 heavy (non-hydrogen) atoms. The first-order valence-corrected chi connectivity index (χ1v) is 10.1. The first-order valence-electron chi connectivity index (χ1n) is 8.64. The third-order valence-corrected chi connectivity index (χ3v) is 5.82. The molecule has 1 aromatic heterocycles. The van der Waals surface area contributed by atoms with Crippen molar-refractivity contribution in [3.8, 4) is 0 Å². The molecule has 7 nitrogen and oxygen atoms in total. The number of nitrogens with one attached hydrogen (secondary N) is 1. The standard InChI is InChI=1S/C18H25N5O2S/c1-22(2)17-16(12-19-18(20-17)23(3)4)21-26(24,25)15-10-9-13-7-5-6-8-14(13)11-15/h9-12,21H,5-8H2,1-4H3. The van der Waals surface area contributed by atoms with E-state index in [1.807, 2.05) is 34.3 Å². The van der Waals surface area contributed by atoms with Gasteiger partial charge >= 0.3 is 0 Å². The van der Waals surface area contributed by atoms with Crippen LogP contribution in [-0.2, 0) is 22.9 Å². The molecule has 0 radical (unpaired) electrons. The Morgan fingerprint density at radius 2 is 1.69 bits per heavy atom. The van der Waals surface area contributed by atoms with Gasteiger partial charge in [0.15, 0.2) is 5.82 Å². The van der Waals surface area contributed by atoms with E-state index >= 15 is 0 Å². The molecule has 0 amide bonds. The minimum atomic E-state index is -3.71. The maximum absolute atomic E-state index is 12.9. The van der Waals surface area contributed by atoms with E-state index in [1.165, 1.54) is 18.2 Å². The molecule has 0 saturated heterocycles. The Kier molecular flexibility index (Phi) is 5.04. The molecule has 1 aliphatic rings. The molecule has 0 atom stereocenters.